The van der Waals surface area contributed by atoms with E-state index in [-0.39, 0.29) is 5.56 Å². The molecule has 0 radical (unpaired) electrons. The minimum absolute atomic E-state index is 0.257. The number of pyridine rings is 1. The van der Waals surface area contributed by atoms with Crippen molar-refractivity contribution >= 4 is 40.1 Å². The van der Waals surface area contributed by atoms with Crippen LogP contribution >= 0.6 is 11.6 Å². The summed E-state index contributed by atoms with van der Waals surface area (Å²) in [5, 5.41) is 3.49. The average molecular weight is 371 g/mol. The van der Waals surface area contributed by atoms with E-state index in [2.05, 4.69) is 10.3 Å². The number of rotatable bonds is 4. The largest absolute Gasteiger partial charge is 0.496 e. The monoisotopic (exact) mass is 370 g/mol. The van der Waals surface area contributed by atoms with Gasteiger partial charge in [0.1, 0.15) is 5.75 Å². The molecule has 3 amide bonds. The number of aromatic nitrogens is 1. The smallest absolute Gasteiger partial charge is 0.316 e. The second-order valence-electron chi connectivity index (χ2n) is 5.48. The van der Waals surface area contributed by atoms with Gasteiger partial charge in [0.25, 0.3) is 5.91 Å². The van der Waals surface area contributed by atoms with Crippen LogP contribution in [0.15, 0.2) is 42.6 Å². The molecule has 5 N–H and O–H groups in total. The van der Waals surface area contributed by atoms with E-state index in [0.717, 1.165) is 11.1 Å². The highest BCUT2D eigenvalue weighted by Gasteiger charge is 2.15. The average Bonchev–Trinajstić information content (AvgIpc) is 2.61. The van der Waals surface area contributed by atoms with Crippen LogP contribution < -0.4 is 21.5 Å². The lowest BCUT2D eigenvalue weighted by molar-refractivity contribution is 0.0997. The predicted octanol–water partition coefficient (Wildman–Crippen LogP) is 3.15. The fraction of sp³-hybridized carbons (Fsp3) is 0.0556. The minimum Gasteiger partial charge on any atom is -0.496 e. The summed E-state index contributed by atoms with van der Waals surface area (Å²) in [6.07, 6.45) is 1.64. The fourth-order valence-corrected chi connectivity index (χ4v) is 2.93. The number of primary amides is 2. The topological polar surface area (TPSA) is 120 Å². The SMILES string of the molecule is COc1cc2nccc(-c3ccc(NC(N)=O)c(Cl)c3)c2cc1C(N)=O. The number of fused-ring (bicyclic) bond motifs is 1. The number of carbonyl (C=O) groups excluding carboxylic acids is 2. The Morgan fingerprint density at radius 3 is 2.54 bits per heavy atom. The molecule has 0 aliphatic heterocycles. The van der Waals surface area contributed by atoms with Crippen LogP contribution in [0.2, 0.25) is 5.02 Å². The van der Waals surface area contributed by atoms with Crippen molar-refractivity contribution in [3.8, 4) is 16.9 Å². The van der Waals surface area contributed by atoms with E-state index in [1.165, 1.54) is 7.11 Å². The molecule has 0 unspecified atom stereocenters. The first kappa shape index (κ1) is 17.5. The summed E-state index contributed by atoms with van der Waals surface area (Å²) < 4.78 is 5.22. The number of urea groups is 1. The number of methoxy groups -OCH3 is 1. The van der Waals surface area contributed by atoms with Gasteiger partial charge in [-0.2, -0.15) is 0 Å². The molecule has 0 spiro atoms. The van der Waals surface area contributed by atoms with E-state index in [4.69, 9.17) is 27.8 Å². The van der Waals surface area contributed by atoms with E-state index in [1.807, 2.05) is 0 Å². The summed E-state index contributed by atoms with van der Waals surface area (Å²) in [7, 11) is 1.46. The molecule has 3 rings (SSSR count). The van der Waals surface area contributed by atoms with E-state index >= 15 is 0 Å². The van der Waals surface area contributed by atoms with Crippen LogP contribution in [-0.4, -0.2) is 24.0 Å². The van der Waals surface area contributed by atoms with Crippen molar-refractivity contribution < 1.29 is 14.3 Å². The number of benzene rings is 2. The molecule has 0 bridgehead atoms. The molecule has 7 nitrogen and oxygen atoms in total. The van der Waals surface area contributed by atoms with Gasteiger partial charge in [0.15, 0.2) is 0 Å². The Kier molecular flexibility index (Phi) is 4.64. The Bertz CT molecular complexity index is 1040. The molecule has 3 aromatic rings. The quantitative estimate of drug-likeness (QED) is 0.653. The molecule has 1 heterocycles. The third-order valence-corrected chi connectivity index (χ3v) is 4.18. The van der Waals surface area contributed by atoms with Gasteiger partial charge >= 0.3 is 6.03 Å². The third-order valence-electron chi connectivity index (χ3n) is 3.87. The lowest BCUT2D eigenvalue weighted by Crippen LogP contribution is -2.19. The second kappa shape index (κ2) is 6.89. The van der Waals surface area contributed by atoms with Gasteiger partial charge in [-0.1, -0.05) is 17.7 Å². The number of hydrogen-bond acceptors (Lipinski definition) is 4. The van der Waals surface area contributed by atoms with E-state index in [0.29, 0.717) is 27.4 Å². The fourth-order valence-electron chi connectivity index (χ4n) is 2.70. The Labute approximate surface area is 153 Å². The molecular formula is C18H15ClN4O3. The van der Waals surface area contributed by atoms with Crippen LogP contribution in [0.5, 0.6) is 5.75 Å². The zero-order valence-corrected chi connectivity index (χ0v) is 14.5. The Morgan fingerprint density at radius 2 is 1.92 bits per heavy atom. The number of halogens is 1. The number of carbonyl (C=O) groups is 2. The first-order chi connectivity index (χ1) is 12.4. The number of amides is 3. The first-order valence-electron chi connectivity index (χ1n) is 7.53. The summed E-state index contributed by atoms with van der Waals surface area (Å²) in [5.41, 5.74) is 13.4. The zero-order chi connectivity index (χ0) is 18.8. The molecule has 2 aromatic carbocycles. The number of hydrogen-bond donors (Lipinski definition) is 3. The molecule has 0 aliphatic rings. The number of nitrogens with zero attached hydrogens (tertiary/aromatic N) is 1. The van der Waals surface area contributed by atoms with Gasteiger partial charge in [-0.05, 0) is 35.4 Å². The summed E-state index contributed by atoms with van der Waals surface area (Å²) in [5.74, 6) is -0.244. The van der Waals surface area contributed by atoms with Crippen molar-refractivity contribution in [2.45, 2.75) is 0 Å². The predicted molar refractivity (Wildman–Crippen MR) is 100 cm³/mol. The third kappa shape index (κ3) is 3.25. The lowest BCUT2D eigenvalue weighted by atomic mass is 9.99. The number of nitrogens with two attached hydrogens (primary N) is 2. The molecule has 1 aromatic heterocycles. The van der Waals surface area contributed by atoms with E-state index < -0.39 is 11.9 Å². The van der Waals surface area contributed by atoms with Gasteiger partial charge < -0.3 is 21.5 Å². The van der Waals surface area contributed by atoms with Crippen molar-refractivity contribution in [1.82, 2.24) is 4.98 Å². The Hall–Kier alpha value is -3.32. The molecule has 26 heavy (non-hydrogen) atoms. The summed E-state index contributed by atoms with van der Waals surface area (Å²) in [6, 6.07) is 9.51. The van der Waals surface area contributed by atoms with Crippen molar-refractivity contribution in [1.29, 1.82) is 0 Å². The number of ether oxygens (including phenoxy) is 1. The molecule has 0 saturated carbocycles. The number of anilines is 1. The maximum Gasteiger partial charge on any atom is 0.316 e. The molecular weight excluding hydrogens is 356 g/mol. The molecule has 132 valence electrons. The van der Waals surface area contributed by atoms with Gasteiger partial charge in [-0.25, -0.2) is 4.79 Å². The van der Waals surface area contributed by atoms with Gasteiger partial charge in [0.05, 0.1) is 28.9 Å². The van der Waals surface area contributed by atoms with Gasteiger partial charge in [-0.3, -0.25) is 9.78 Å². The highest BCUT2D eigenvalue weighted by atomic mass is 35.5. The van der Waals surface area contributed by atoms with Gasteiger partial charge in [0.2, 0.25) is 0 Å². The van der Waals surface area contributed by atoms with Crippen molar-refractivity contribution in [3.05, 3.63) is 53.2 Å². The maximum absolute atomic E-state index is 11.7. The van der Waals surface area contributed by atoms with E-state index in [9.17, 15) is 9.59 Å². The van der Waals surface area contributed by atoms with Gasteiger partial charge in [0, 0.05) is 17.6 Å². The standard InChI is InChI=1S/C18H15ClN4O3/c1-26-16-8-15-11(7-12(16)17(20)24)10(4-5-22-15)9-2-3-14(13(19)6-9)23-18(21)25/h2-8H,1H3,(H2,20,24)(H3,21,23,25). The molecule has 0 saturated heterocycles. The summed E-state index contributed by atoms with van der Waals surface area (Å²) >= 11 is 6.22. The van der Waals surface area contributed by atoms with E-state index in [1.54, 1.807) is 42.6 Å². The molecule has 0 aliphatic carbocycles. The van der Waals surface area contributed by atoms with Crippen LogP contribution in [0.3, 0.4) is 0 Å². The first-order valence-corrected chi connectivity index (χ1v) is 7.91. The lowest BCUT2D eigenvalue weighted by Gasteiger charge is -2.12. The van der Waals surface area contributed by atoms with Crippen molar-refractivity contribution in [3.63, 3.8) is 0 Å². The molecule has 0 fully saturated rings. The van der Waals surface area contributed by atoms with Crippen molar-refractivity contribution in [2.24, 2.45) is 11.5 Å². The highest BCUT2D eigenvalue weighted by molar-refractivity contribution is 6.34. The van der Waals surface area contributed by atoms with Crippen LogP contribution in [0.4, 0.5) is 10.5 Å². The Balaban J connectivity index is 2.19. The van der Waals surface area contributed by atoms with Gasteiger partial charge in [-0.15, -0.1) is 0 Å². The minimum atomic E-state index is -0.702. The Morgan fingerprint density at radius 1 is 1.15 bits per heavy atom. The molecule has 0 atom stereocenters. The second-order valence-corrected chi connectivity index (χ2v) is 5.88. The maximum atomic E-state index is 11.7. The van der Waals surface area contributed by atoms with Crippen molar-refractivity contribution in [2.75, 3.05) is 12.4 Å². The number of nitrogens with one attached hydrogen (secondary N) is 1. The summed E-state index contributed by atoms with van der Waals surface area (Å²) in [4.78, 5) is 27.0. The normalized spacial score (nSPS) is 10.5. The zero-order valence-electron chi connectivity index (χ0n) is 13.7. The van der Waals surface area contributed by atoms with Crippen LogP contribution in [-0.2, 0) is 0 Å². The molecule has 8 heteroatoms. The van der Waals surface area contributed by atoms with Crippen LogP contribution in [0.1, 0.15) is 10.4 Å². The summed E-state index contributed by atoms with van der Waals surface area (Å²) in [6.45, 7) is 0. The highest BCUT2D eigenvalue weighted by Crippen LogP contribution is 2.34. The van der Waals surface area contributed by atoms with Crippen LogP contribution in [0, 0.1) is 0 Å². The van der Waals surface area contributed by atoms with Crippen LogP contribution in [0.25, 0.3) is 22.0 Å².